The summed E-state index contributed by atoms with van der Waals surface area (Å²) < 4.78 is 0. The number of benzene rings is 2. The summed E-state index contributed by atoms with van der Waals surface area (Å²) in [5, 5.41) is 13.6. The van der Waals surface area contributed by atoms with Gasteiger partial charge in [-0.15, -0.1) is 0 Å². The van der Waals surface area contributed by atoms with Crippen LogP contribution in [0.1, 0.15) is 13.8 Å². The largest absolute Gasteiger partial charge is 0.478 e. The highest BCUT2D eigenvalue weighted by Gasteiger charge is 2.13. The number of carboxylic acids is 1. The van der Waals surface area contributed by atoms with Crippen molar-refractivity contribution in [1.82, 2.24) is 0 Å². The summed E-state index contributed by atoms with van der Waals surface area (Å²) in [6.45, 7) is 2.92. The first-order valence-corrected chi connectivity index (χ1v) is 6.20. The van der Waals surface area contributed by atoms with Crippen LogP contribution in [0.5, 0.6) is 0 Å². The summed E-state index contributed by atoms with van der Waals surface area (Å²) in [5.74, 6) is -1.49. The van der Waals surface area contributed by atoms with E-state index in [0.717, 1.165) is 10.8 Å². The third-order valence-electron chi connectivity index (χ3n) is 3.26. The molecule has 2 rings (SSSR count). The van der Waals surface area contributed by atoms with Crippen molar-refractivity contribution in [2.45, 2.75) is 13.8 Å². The lowest BCUT2D eigenvalue weighted by Crippen LogP contribution is -2.16. The maximum absolute atomic E-state index is 12.1. The predicted molar refractivity (Wildman–Crippen MR) is 78.6 cm³/mol. The highest BCUT2D eigenvalue weighted by Crippen LogP contribution is 2.23. The average molecular weight is 269 g/mol. The van der Waals surface area contributed by atoms with Gasteiger partial charge in [-0.1, -0.05) is 36.4 Å². The van der Waals surface area contributed by atoms with Crippen LogP contribution in [0.25, 0.3) is 10.8 Å². The number of aliphatic carboxylic acids is 1. The van der Waals surface area contributed by atoms with Gasteiger partial charge in [0.2, 0.25) is 0 Å². The molecule has 4 nitrogen and oxygen atoms in total. The van der Waals surface area contributed by atoms with E-state index in [9.17, 15) is 9.59 Å². The fraction of sp³-hybridized carbons (Fsp3) is 0.125. The second-order valence-electron chi connectivity index (χ2n) is 4.54. The predicted octanol–water partition coefficient (Wildman–Crippen LogP) is 3.20. The molecule has 0 aromatic heterocycles. The van der Waals surface area contributed by atoms with Gasteiger partial charge in [-0.3, -0.25) is 4.79 Å². The van der Waals surface area contributed by atoms with Crippen LogP contribution >= 0.6 is 0 Å². The topological polar surface area (TPSA) is 66.4 Å². The maximum Gasteiger partial charge on any atom is 0.331 e. The minimum atomic E-state index is -1.09. The first-order chi connectivity index (χ1) is 9.50. The summed E-state index contributed by atoms with van der Waals surface area (Å²) in [7, 11) is 0. The van der Waals surface area contributed by atoms with Gasteiger partial charge < -0.3 is 10.4 Å². The maximum atomic E-state index is 12.1. The van der Waals surface area contributed by atoms with Crippen molar-refractivity contribution in [2.75, 3.05) is 5.32 Å². The minimum absolute atomic E-state index is 0.0442. The van der Waals surface area contributed by atoms with E-state index in [1.165, 1.54) is 13.8 Å². The first kappa shape index (κ1) is 13.8. The average Bonchev–Trinajstić information content (AvgIpc) is 2.46. The zero-order valence-corrected chi connectivity index (χ0v) is 11.3. The molecule has 0 bridgehead atoms. The van der Waals surface area contributed by atoms with Crippen LogP contribution < -0.4 is 5.32 Å². The Hall–Kier alpha value is -2.62. The van der Waals surface area contributed by atoms with Gasteiger partial charge >= 0.3 is 5.97 Å². The van der Waals surface area contributed by atoms with Gasteiger partial charge in [-0.05, 0) is 25.3 Å². The molecule has 2 N–H and O–H groups in total. The van der Waals surface area contributed by atoms with Gasteiger partial charge in [0.1, 0.15) is 0 Å². The Morgan fingerprint density at radius 3 is 2.30 bits per heavy atom. The molecule has 0 spiro atoms. The monoisotopic (exact) mass is 269 g/mol. The van der Waals surface area contributed by atoms with E-state index in [4.69, 9.17) is 5.11 Å². The Kier molecular flexibility index (Phi) is 3.84. The van der Waals surface area contributed by atoms with Crippen molar-refractivity contribution >= 4 is 28.3 Å². The van der Waals surface area contributed by atoms with E-state index < -0.39 is 11.9 Å². The molecule has 20 heavy (non-hydrogen) atoms. The zero-order chi connectivity index (χ0) is 14.7. The van der Waals surface area contributed by atoms with Gasteiger partial charge in [0.15, 0.2) is 0 Å². The number of carboxylic acid groups (broad SMARTS) is 1. The van der Waals surface area contributed by atoms with Gasteiger partial charge in [0.05, 0.1) is 0 Å². The van der Waals surface area contributed by atoms with Crippen molar-refractivity contribution in [3.8, 4) is 0 Å². The molecule has 2 aromatic carbocycles. The van der Waals surface area contributed by atoms with Gasteiger partial charge in [0, 0.05) is 22.2 Å². The molecule has 0 unspecified atom stereocenters. The number of rotatable bonds is 3. The summed E-state index contributed by atoms with van der Waals surface area (Å²) in [4.78, 5) is 22.9. The lowest BCUT2D eigenvalue weighted by Gasteiger charge is -2.09. The standard InChI is InChI=1S/C16H15NO3/c1-10(11(2)16(19)20)15(18)17-14-9-5-7-12-6-3-4-8-13(12)14/h3-9H,1-2H3,(H,17,18)(H,19,20). The molecule has 0 radical (unpaired) electrons. The Bertz CT molecular complexity index is 711. The Morgan fingerprint density at radius 2 is 1.60 bits per heavy atom. The second-order valence-corrected chi connectivity index (χ2v) is 4.54. The number of amides is 1. The number of nitrogens with one attached hydrogen (secondary N) is 1. The fourth-order valence-corrected chi connectivity index (χ4v) is 1.88. The number of fused-ring (bicyclic) bond motifs is 1. The summed E-state index contributed by atoms with van der Waals surface area (Å²) in [5.41, 5.74) is 0.916. The van der Waals surface area contributed by atoms with E-state index in [0.29, 0.717) is 5.69 Å². The van der Waals surface area contributed by atoms with Gasteiger partial charge in [-0.25, -0.2) is 4.79 Å². The Balaban J connectivity index is 2.36. The molecule has 0 aliphatic heterocycles. The van der Waals surface area contributed by atoms with Gasteiger partial charge in [0.25, 0.3) is 5.91 Å². The molecule has 0 atom stereocenters. The molecule has 0 heterocycles. The highest BCUT2D eigenvalue weighted by atomic mass is 16.4. The number of carbonyl (C=O) groups excluding carboxylic acids is 1. The molecule has 2 aromatic rings. The van der Waals surface area contributed by atoms with E-state index in [1.807, 2.05) is 36.4 Å². The van der Waals surface area contributed by atoms with Crippen LogP contribution in [0.4, 0.5) is 5.69 Å². The van der Waals surface area contributed by atoms with Crippen LogP contribution in [0.2, 0.25) is 0 Å². The Labute approximate surface area is 116 Å². The number of hydrogen-bond donors (Lipinski definition) is 2. The summed E-state index contributed by atoms with van der Waals surface area (Å²) in [6, 6.07) is 13.3. The molecule has 4 heteroatoms. The molecule has 102 valence electrons. The third-order valence-corrected chi connectivity index (χ3v) is 3.26. The molecular formula is C16H15NO3. The molecular weight excluding hydrogens is 254 g/mol. The molecule has 0 saturated heterocycles. The van der Waals surface area contributed by atoms with E-state index in [-0.39, 0.29) is 11.1 Å². The number of carbonyl (C=O) groups is 2. The van der Waals surface area contributed by atoms with Crippen molar-refractivity contribution in [1.29, 1.82) is 0 Å². The number of anilines is 1. The molecule has 0 fully saturated rings. The quantitative estimate of drug-likeness (QED) is 0.841. The van der Waals surface area contributed by atoms with Crippen molar-refractivity contribution in [3.05, 3.63) is 53.6 Å². The SMILES string of the molecule is CC(C(=O)O)=C(C)C(=O)Nc1cccc2ccccc12. The molecule has 0 saturated carbocycles. The number of hydrogen-bond acceptors (Lipinski definition) is 2. The van der Waals surface area contributed by atoms with Crippen LogP contribution in [-0.4, -0.2) is 17.0 Å². The van der Waals surface area contributed by atoms with Crippen molar-refractivity contribution in [3.63, 3.8) is 0 Å². The zero-order valence-electron chi connectivity index (χ0n) is 11.3. The molecule has 0 aliphatic carbocycles. The van der Waals surface area contributed by atoms with Crippen molar-refractivity contribution in [2.24, 2.45) is 0 Å². The first-order valence-electron chi connectivity index (χ1n) is 6.20. The van der Waals surface area contributed by atoms with E-state index in [2.05, 4.69) is 5.32 Å². The van der Waals surface area contributed by atoms with Crippen LogP contribution in [0, 0.1) is 0 Å². The summed E-state index contributed by atoms with van der Waals surface area (Å²) in [6.07, 6.45) is 0. The fourth-order valence-electron chi connectivity index (χ4n) is 1.88. The second kappa shape index (κ2) is 5.57. The lowest BCUT2D eigenvalue weighted by atomic mass is 10.1. The van der Waals surface area contributed by atoms with E-state index >= 15 is 0 Å². The highest BCUT2D eigenvalue weighted by molar-refractivity contribution is 6.11. The van der Waals surface area contributed by atoms with Gasteiger partial charge in [-0.2, -0.15) is 0 Å². The minimum Gasteiger partial charge on any atom is -0.478 e. The Morgan fingerprint density at radius 1 is 0.950 bits per heavy atom. The van der Waals surface area contributed by atoms with E-state index in [1.54, 1.807) is 6.07 Å². The van der Waals surface area contributed by atoms with Crippen LogP contribution in [0.15, 0.2) is 53.6 Å². The molecule has 1 amide bonds. The molecule has 0 aliphatic rings. The lowest BCUT2D eigenvalue weighted by molar-refractivity contribution is -0.133. The third kappa shape index (κ3) is 2.69. The summed E-state index contributed by atoms with van der Waals surface area (Å²) >= 11 is 0. The normalized spacial score (nSPS) is 11.9. The smallest absolute Gasteiger partial charge is 0.331 e. The van der Waals surface area contributed by atoms with Crippen molar-refractivity contribution < 1.29 is 14.7 Å². The van der Waals surface area contributed by atoms with Crippen LogP contribution in [0.3, 0.4) is 0 Å². The van der Waals surface area contributed by atoms with Crippen LogP contribution in [-0.2, 0) is 9.59 Å².